The van der Waals surface area contributed by atoms with E-state index in [0.29, 0.717) is 12.4 Å². The number of benzene rings is 3. The van der Waals surface area contributed by atoms with Gasteiger partial charge in [-0.3, -0.25) is 0 Å². The van der Waals surface area contributed by atoms with Gasteiger partial charge in [-0.2, -0.15) is 0 Å². The second-order valence-electron chi connectivity index (χ2n) is 11.4. The average Bonchev–Trinajstić information content (AvgIpc) is 2.75. The van der Waals surface area contributed by atoms with Crippen LogP contribution in [-0.4, -0.2) is 16.8 Å². The highest BCUT2D eigenvalue weighted by Crippen LogP contribution is 2.50. The number of ether oxygens (including phenoxy) is 1. The summed E-state index contributed by atoms with van der Waals surface area (Å²) >= 11 is 0. The van der Waals surface area contributed by atoms with Gasteiger partial charge in [0.25, 0.3) is 0 Å². The molecule has 1 unspecified atom stereocenters. The lowest BCUT2D eigenvalue weighted by molar-refractivity contribution is 0.245. The lowest BCUT2D eigenvalue weighted by atomic mass is 9.72. The summed E-state index contributed by atoms with van der Waals surface area (Å²) in [5, 5.41) is 21.5. The normalized spacial score (nSPS) is 18.5. The Morgan fingerprint density at radius 1 is 0.788 bits per heavy atom. The van der Waals surface area contributed by atoms with Gasteiger partial charge in [-0.15, -0.1) is 0 Å². The van der Waals surface area contributed by atoms with Crippen LogP contribution in [0, 0.1) is 6.92 Å². The molecule has 1 aliphatic heterocycles. The van der Waals surface area contributed by atoms with E-state index in [1.807, 2.05) is 19.1 Å². The zero-order valence-electron chi connectivity index (χ0n) is 20.9. The van der Waals surface area contributed by atoms with Crippen molar-refractivity contribution in [3.8, 4) is 17.2 Å². The molecule has 3 heteroatoms. The maximum Gasteiger partial charge on any atom is 0.129 e. The Hall–Kier alpha value is -2.94. The van der Waals surface area contributed by atoms with Crippen molar-refractivity contribution in [3.05, 3.63) is 88.0 Å². The van der Waals surface area contributed by atoms with Crippen molar-refractivity contribution in [1.82, 2.24) is 0 Å². The molecule has 3 aromatic carbocycles. The van der Waals surface area contributed by atoms with Crippen LogP contribution in [0.4, 0.5) is 0 Å². The third-order valence-corrected chi connectivity index (χ3v) is 6.89. The van der Waals surface area contributed by atoms with E-state index in [9.17, 15) is 10.2 Å². The predicted molar refractivity (Wildman–Crippen MR) is 135 cm³/mol. The van der Waals surface area contributed by atoms with E-state index in [1.165, 1.54) is 11.1 Å². The summed E-state index contributed by atoms with van der Waals surface area (Å²) in [7, 11) is 0. The van der Waals surface area contributed by atoms with E-state index in [0.717, 1.165) is 28.0 Å². The van der Waals surface area contributed by atoms with Crippen molar-refractivity contribution < 1.29 is 14.9 Å². The minimum absolute atomic E-state index is 0.0756. The standard InChI is InChI=1S/C30H36O3/c1-18-25(31)14-13-21-26(19-11-9-8-10-12-19)22(17-33-28(18)21)20-15-23(29(2,3)4)27(32)24(16-20)30(5,6)7/h8-16,22,26,31-32H,17H2,1-7H3/t22-,26?/m0/s1. The number of phenols is 2. The lowest BCUT2D eigenvalue weighted by Crippen LogP contribution is -2.27. The number of phenolic OH excluding ortho intramolecular Hbond substituents is 2. The first kappa shape index (κ1) is 23.2. The van der Waals surface area contributed by atoms with Crippen LogP contribution >= 0.6 is 0 Å². The van der Waals surface area contributed by atoms with E-state index in [2.05, 4.69) is 77.9 Å². The van der Waals surface area contributed by atoms with Gasteiger partial charge in [-0.1, -0.05) is 90.1 Å². The largest absolute Gasteiger partial charge is 0.508 e. The molecule has 0 amide bonds. The molecule has 3 aromatic rings. The molecule has 0 bridgehead atoms. The van der Waals surface area contributed by atoms with Crippen LogP contribution in [0.1, 0.15) is 86.8 Å². The second kappa shape index (κ2) is 8.13. The van der Waals surface area contributed by atoms with Gasteiger partial charge < -0.3 is 14.9 Å². The molecule has 2 N–H and O–H groups in total. The van der Waals surface area contributed by atoms with E-state index in [4.69, 9.17) is 4.74 Å². The molecule has 33 heavy (non-hydrogen) atoms. The molecule has 0 spiro atoms. The van der Waals surface area contributed by atoms with E-state index in [-0.39, 0.29) is 28.4 Å². The van der Waals surface area contributed by atoms with Gasteiger partial charge in [0.15, 0.2) is 0 Å². The quantitative estimate of drug-likeness (QED) is 0.436. The Morgan fingerprint density at radius 2 is 1.36 bits per heavy atom. The Kier molecular flexibility index (Phi) is 5.72. The fourth-order valence-corrected chi connectivity index (χ4v) is 5.00. The molecule has 174 valence electrons. The summed E-state index contributed by atoms with van der Waals surface area (Å²) in [5.41, 5.74) is 5.80. The van der Waals surface area contributed by atoms with Crippen LogP contribution < -0.4 is 4.74 Å². The first-order chi connectivity index (χ1) is 15.4. The van der Waals surface area contributed by atoms with Gasteiger partial charge in [0, 0.05) is 23.0 Å². The van der Waals surface area contributed by atoms with Crippen molar-refractivity contribution >= 4 is 0 Å². The van der Waals surface area contributed by atoms with Crippen LogP contribution in [-0.2, 0) is 10.8 Å². The molecule has 0 fully saturated rings. The van der Waals surface area contributed by atoms with E-state index >= 15 is 0 Å². The second-order valence-corrected chi connectivity index (χ2v) is 11.4. The molecule has 0 saturated heterocycles. The summed E-state index contributed by atoms with van der Waals surface area (Å²) in [6.45, 7) is 15.3. The van der Waals surface area contributed by atoms with E-state index < -0.39 is 0 Å². The number of aromatic hydroxyl groups is 2. The molecule has 3 nitrogen and oxygen atoms in total. The Bertz CT molecular complexity index is 1130. The predicted octanol–water partition coefficient (Wildman–Crippen LogP) is 7.31. The Labute approximate surface area is 198 Å². The molecule has 4 rings (SSSR count). The van der Waals surface area contributed by atoms with Gasteiger partial charge in [0.05, 0.1) is 6.61 Å². The van der Waals surface area contributed by atoms with Crippen LogP contribution in [0.15, 0.2) is 54.6 Å². The van der Waals surface area contributed by atoms with Crippen LogP contribution in [0.5, 0.6) is 17.2 Å². The average molecular weight is 445 g/mol. The summed E-state index contributed by atoms with van der Waals surface area (Å²) in [6, 6.07) is 18.6. The Balaban J connectivity index is 1.97. The van der Waals surface area contributed by atoms with Crippen molar-refractivity contribution in [2.45, 2.75) is 71.1 Å². The first-order valence-corrected chi connectivity index (χ1v) is 11.8. The highest BCUT2D eigenvalue weighted by Gasteiger charge is 2.37. The van der Waals surface area contributed by atoms with Crippen LogP contribution in [0.3, 0.4) is 0 Å². The van der Waals surface area contributed by atoms with Gasteiger partial charge in [0.1, 0.15) is 17.2 Å². The van der Waals surface area contributed by atoms with Crippen LogP contribution in [0.2, 0.25) is 0 Å². The molecule has 0 aromatic heterocycles. The molecule has 1 heterocycles. The third-order valence-electron chi connectivity index (χ3n) is 6.89. The molecule has 2 atom stereocenters. The lowest BCUT2D eigenvalue weighted by Gasteiger charge is -2.37. The number of hydrogen-bond donors (Lipinski definition) is 2. The minimum atomic E-state index is -0.196. The fourth-order valence-electron chi connectivity index (χ4n) is 5.00. The molecular weight excluding hydrogens is 408 g/mol. The topological polar surface area (TPSA) is 49.7 Å². The third kappa shape index (κ3) is 4.21. The van der Waals surface area contributed by atoms with Crippen LogP contribution in [0.25, 0.3) is 0 Å². The Morgan fingerprint density at radius 3 is 1.91 bits per heavy atom. The molecule has 0 saturated carbocycles. The van der Waals surface area contributed by atoms with Crippen molar-refractivity contribution in [2.75, 3.05) is 6.61 Å². The fraction of sp³-hybridized carbons (Fsp3) is 0.400. The summed E-state index contributed by atoms with van der Waals surface area (Å²) in [4.78, 5) is 0. The minimum Gasteiger partial charge on any atom is -0.508 e. The molecular formula is C30H36O3. The van der Waals surface area contributed by atoms with Crippen molar-refractivity contribution in [3.63, 3.8) is 0 Å². The van der Waals surface area contributed by atoms with Crippen molar-refractivity contribution in [1.29, 1.82) is 0 Å². The zero-order chi connectivity index (χ0) is 24.1. The maximum absolute atomic E-state index is 11.2. The van der Waals surface area contributed by atoms with Gasteiger partial charge >= 0.3 is 0 Å². The zero-order valence-corrected chi connectivity index (χ0v) is 20.9. The molecule has 0 aliphatic carbocycles. The van der Waals surface area contributed by atoms with Crippen molar-refractivity contribution in [2.24, 2.45) is 0 Å². The molecule has 1 aliphatic rings. The number of fused-ring (bicyclic) bond motifs is 1. The van der Waals surface area contributed by atoms with Gasteiger partial charge in [-0.05, 0) is 46.1 Å². The number of rotatable bonds is 2. The highest BCUT2D eigenvalue weighted by atomic mass is 16.5. The summed E-state index contributed by atoms with van der Waals surface area (Å²) < 4.78 is 6.31. The van der Waals surface area contributed by atoms with Gasteiger partial charge in [0.2, 0.25) is 0 Å². The maximum atomic E-state index is 11.2. The monoisotopic (exact) mass is 444 g/mol. The summed E-state index contributed by atoms with van der Waals surface area (Å²) in [6.07, 6.45) is 0. The first-order valence-electron chi connectivity index (χ1n) is 11.8. The SMILES string of the molecule is Cc1c(O)ccc2c1OC[C@@H](c1cc(C(C)(C)C)c(O)c(C(C)(C)C)c1)C2c1ccccc1. The molecule has 0 radical (unpaired) electrons. The highest BCUT2D eigenvalue weighted by molar-refractivity contribution is 5.57. The van der Waals surface area contributed by atoms with E-state index in [1.54, 1.807) is 6.07 Å². The summed E-state index contributed by atoms with van der Waals surface area (Å²) in [5.74, 6) is 1.60. The number of hydrogen-bond acceptors (Lipinski definition) is 3. The smallest absolute Gasteiger partial charge is 0.129 e. The van der Waals surface area contributed by atoms with Gasteiger partial charge in [-0.25, -0.2) is 0 Å².